The van der Waals surface area contributed by atoms with Gasteiger partial charge in [0.2, 0.25) is 0 Å². The molecule has 0 unspecified atom stereocenters. The van der Waals surface area contributed by atoms with Crippen molar-refractivity contribution >= 4 is 33.4 Å². The highest BCUT2D eigenvalue weighted by molar-refractivity contribution is 9.11. The summed E-state index contributed by atoms with van der Waals surface area (Å²) in [6, 6.07) is 4.00. The van der Waals surface area contributed by atoms with Crippen molar-refractivity contribution in [2.45, 2.75) is 6.54 Å². The maximum absolute atomic E-state index is 11.1. The third-order valence-electron chi connectivity index (χ3n) is 1.82. The maximum atomic E-state index is 11.1. The molecule has 70 valence electrons. The number of rotatable bonds is 2. The Morgan fingerprint density at radius 3 is 3.00 bits per heavy atom. The van der Waals surface area contributed by atoms with Gasteiger partial charge in [0.05, 0.1) is 16.9 Å². The SMILES string of the molecule is O=C1OCCN1Cc1ccc(Br)s1. The lowest BCUT2D eigenvalue weighted by molar-refractivity contribution is 0.157. The molecule has 1 aromatic rings. The zero-order valence-electron chi connectivity index (χ0n) is 6.83. The lowest BCUT2D eigenvalue weighted by atomic mass is 10.4. The molecule has 13 heavy (non-hydrogen) atoms. The first-order valence-electron chi connectivity index (χ1n) is 3.91. The monoisotopic (exact) mass is 261 g/mol. The Morgan fingerprint density at radius 1 is 1.62 bits per heavy atom. The van der Waals surface area contributed by atoms with Crippen molar-refractivity contribution in [3.8, 4) is 0 Å². The molecular formula is C8H8BrNO2S. The fourth-order valence-corrected chi connectivity index (χ4v) is 2.69. The van der Waals surface area contributed by atoms with Crippen LogP contribution >= 0.6 is 27.3 Å². The zero-order valence-corrected chi connectivity index (χ0v) is 9.23. The van der Waals surface area contributed by atoms with E-state index in [1.807, 2.05) is 12.1 Å². The van der Waals surface area contributed by atoms with Crippen LogP contribution < -0.4 is 0 Å². The van der Waals surface area contributed by atoms with Crippen LogP contribution in [0.1, 0.15) is 4.88 Å². The number of halogens is 1. The Hall–Kier alpha value is -0.550. The largest absolute Gasteiger partial charge is 0.448 e. The normalized spacial score (nSPS) is 16.4. The van der Waals surface area contributed by atoms with Gasteiger partial charge in [0.1, 0.15) is 6.61 Å². The molecule has 0 saturated carbocycles. The van der Waals surface area contributed by atoms with Crippen molar-refractivity contribution in [1.82, 2.24) is 4.90 Å². The summed E-state index contributed by atoms with van der Waals surface area (Å²) in [6.45, 7) is 1.88. The molecule has 0 spiro atoms. The number of nitrogens with zero attached hydrogens (tertiary/aromatic N) is 1. The molecule has 1 aliphatic rings. The molecule has 0 atom stereocenters. The second-order valence-electron chi connectivity index (χ2n) is 2.74. The van der Waals surface area contributed by atoms with E-state index in [4.69, 9.17) is 4.74 Å². The Morgan fingerprint density at radius 2 is 2.46 bits per heavy atom. The van der Waals surface area contributed by atoms with E-state index in [-0.39, 0.29) is 6.09 Å². The molecule has 0 bridgehead atoms. The van der Waals surface area contributed by atoms with E-state index in [0.29, 0.717) is 19.7 Å². The lowest BCUT2D eigenvalue weighted by Crippen LogP contribution is -2.22. The topological polar surface area (TPSA) is 29.5 Å². The third kappa shape index (κ3) is 2.03. The minimum Gasteiger partial charge on any atom is -0.448 e. The van der Waals surface area contributed by atoms with Crippen LogP contribution in [0.5, 0.6) is 0 Å². The van der Waals surface area contributed by atoms with Gasteiger partial charge in [0, 0.05) is 4.88 Å². The van der Waals surface area contributed by atoms with Crippen LogP contribution in [0.15, 0.2) is 15.9 Å². The van der Waals surface area contributed by atoms with E-state index in [2.05, 4.69) is 15.9 Å². The van der Waals surface area contributed by atoms with Gasteiger partial charge in [-0.1, -0.05) is 0 Å². The van der Waals surface area contributed by atoms with Gasteiger partial charge in [-0.05, 0) is 28.1 Å². The summed E-state index contributed by atoms with van der Waals surface area (Å²) in [7, 11) is 0. The smallest absolute Gasteiger partial charge is 0.410 e. The van der Waals surface area contributed by atoms with Crippen molar-refractivity contribution in [1.29, 1.82) is 0 Å². The minimum atomic E-state index is -0.204. The number of carbonyl (C=O) groups is 1. The van der Waals surface area contributed by atoms with Crippen LogP contribution in [0.25, 0.3) is 0 Å². The van der Waals surface area contributed by atoms with Gasteiger partial charge < -0.3 is 4.74 Å². The molecule has 2 heterocycles. The van der Waals surface area contributed by atoms with Gasteiger partial charge in [0.15, 0.2) is 0 Å². The van der Waals surface area contributed by atoms with Crippen LogP contribution in [-0.4, -0.2) is 24.1 Å². The van der Waals surface area contributed by atoms with E-state index in [1.165, 1.54) is 4.88 Å². The average Bonchev–Trinajstić information content (AvgIpc) is 2.64. The summed E-state index contributed by atoms with van der Waals surface area (Å²) < 4.78 is 5.92. The number of amides is 1. The Balaban J connectivity index is 2.01. The van der Waals surface area contributed by atoms with Crippen LogP contribution in [0, 0.1) is 0 Å². The van der Waals surface area contributed by atoms with Gasteiger partial charge >= 0.3 is 6.09 Å². The number of hydrogen-bond acceptors (Lipinski definition) is 3. The highest BCUT2D eigenvalue weighted by atomic mass is 79.9. The molecule has 1 saturated heterocycles. The first-order valence-corrected chi connectivity index (χ1v) is 5.52. The molecule has 0 aromatic carbocycles. The maximum Gasteiger partial charge on any atom is 0.410 e. The standard InChI is InChI=1S/C8H8BrNO2S/c9-7-2-1-6(13-7)5-10-3-4-12-8(10)11/h1-2H,3-5H2. The van der Waals surface area contributed by atoms with Crippen molar-refractivity contribution < 1.29 is 9.53 Å². The number of ether oxygens (including phenoxy) is 1. The average molecular weight is 262 g/mol. The molecule has 1 aliphatic heterocycles. The summed E-state index contributed by atoms with van der Waals surface area (Å²) in [4.78, 5) is 14.0. The van der Waals surface area contributed by atoms with Crippen molar-refractivity contribution in [3.63, 3.8) is 0 Å². The molecule has 2 rings (SSSR count). The van der Waals surface area contributed by atoms with Gasteiger partial charge in [-0.2, -0.15) is 0 Å². The lowest BCUT2D eigenvalue weighted by Gasteiger charge is -2.09. The van der Waals surface area contributed by atoms with Crippen LogP contribution in [0.4, 0.5) is 4.79 Å². The van der Waals surface area contributed by atoms with Crippen LogP contribution in [0.2, 0.25) is 0 Å². The fraction of sp³-hybridized carbons (Fsp3) is 0.375. The van der Waals surface area contributed by atoms with E-state index in [1.54, 1.807) is 16.2 Å². The van der Waals surface area contributed by atoms with Crippen molar-refractivity contribution in [3.05, 3.63) is 20.8 Å². The van der Waals surface area contributed by atoms with E-state index < -0.39 is 0 Å². The highest BCUT2D eigenvalue weighted by Gasteiger charge is 2.22. The van der Waals surface area contributed by atoms with Gasteiger partial charge in [-0.15, -0.1) is 11.3 Å². The van der Waals surface area contributed by atoms with Gasteiger partial charge in [-0.3, -0.25) is 4.90 Å². The Labute approximate surface area is 88.4 Å². The second kappa shape index (κ2) is 3.67. The summed E-state index contributed by atoms with van der Waals surface area (Å²) >= 11 is 5.02. The molecule has 0 aliphatic carbocycles. The van der Waals surface area contributed by atoms with Crippen LogP contribution in [0.3, 0.4) is 0 Å². The first-order chi connectivity index (χ1) is 6.25. The first kappa shape index (κ1) is 9.02. The Kier molecular flexibility index (Phi) is 2.55. The molecule has 3 nitrogen and oxygen atoms in total. The molecule has 5 heteroatoms. The molecular weight excluding hydrogens is 254 g/mol. The molecule has 0 radical (unpaired) electrons. The van der Waals surface area contributed by atoms with E-state index in [0.717, 1.165) is 3.79 Å². The van der Waals surface area contributed by atoms with Gasteiger partial charge in [-0.25, -0.2) is 4.79 Å². The predicted molar refractivity (Wildman–Crippen MR) is 53.8 cm³/mol. The molecule has 1 fully saturated rings. The number of cyclic esters (lactones) is 1. The summed E-state index contributed by atoms with van der Waals surface area (Å²) in [5.74, 6) is 0. The van der Waals surface area contributed by atoms with Crippen molar-refractivity contribution in [2.24, 2.45) is 0 Å². The van der Waals surface area contributed by atoms with Crippen LogP contribution in [-0.2, 0) is 11.3 Å². The number of hydrogen-bond donors (Lipinski definition) is 0. The molecule has 0 N–H and O–H groups in total. The predicted octanol–water partition coefficient (Wildman–Crippen LogP) is 2.46. The fourth-order valence-electron chi connectivity index (χ4n) is 1.19. The summed E-state index contributed by atoms with van der Waals surface area (Å²) in [6.07, 6.45) is -0.204. The highest BCUT2D eigenvalue weighted by Crippen LogP contribution is 2.23. The van der Waals surface area contributed by atoms with E-state index in [9.17, 15) is 4.79 Å². The second-order valence-corrected chi connectivity index (χ2v) is 5.29. The van der Waals surface area contributed by atoms with Gasteiger partial charge in [0.25, 0.3) is 0 Å². The molecule has 1 amide bonds. The Bertz CT molecular complexity index is 326. The quantitative estimate of drug-likeness (QED) is 0.819. The molecule has 1 aromatic heterocycles. The summed E-state index contributed by atoms with van der Waals surface area (Å²) in [5.41, 5.74) is 0. The minimum absolute atomic E-state index is 0.204. The zero-order chi connectivity index (χ0) is 9.26. The summed E-state index contributed by atoms with van der Waals surface area (Å²) in [5, 5.41) is 0. The number of thiophene rings is 1. The van der Waals surface area contributed by atoms with E-state index >= 15 is 0 Å². The third-order valence-corrected chi connectivity index (χ3v) is 3.43. The number of carbonyl (C=O) groups excluding carboxylic acids is 1. The van der Waals surface area contributed by atoms with Crippen molar-refractivity contribution in [2.75, 3.05) is 13.2 Å².